The highest BCUT2D eigenvalue weighted by atomic mass is 15.2. The van der Waals surface area contributed by atoms with Gasteiger partial charge in [-0.15, -0.1) is 0 Å². The zero-order valence-corrected chi connectivity index (χ0v) is 13.9. The molecule has 5 heteroatoms. The maximum Gasteiger partial charge on any atom is 0.138 e. The fourth-order valence-corrected chi connectivity index (χ4v) is 2.49. The Morgan fingerprint density at radius 1 is 1.10 bits per heavy atom. The Morgan fingerprint density at radius 3 is 2.29 bits per heavy atom. The topological polar surface area (TPSA) is 53.1 Å². The van der Waals surface area contributed by atoms with Gasteiger partial charge in [-0.2, -0.15) is 0 Å². The van der Waals surface area contributed by atoms with E-state index in [0.717, 1.165) is 37.1 Å². The SMILES string of the molecule is CCNc1cc(NCCN2CCCC2)nc(C(C)(C)C)n1. The number of hydrogen-bond acceptors (Lipinski definition) is 5. The molecule has 0 radical (unpaired) electrons. The molecular weight excluding hydrogens is 262 g/mol. The molecule has 1 saturated heterocycles. The van der Waals surface area contributed by atoms with Crippen molar-refractivity contribution < 1.29 is 0 Å². The Labute approximate surface area is 128 Å². The summed E-state index contributed by atoms with van der Waals surface area (Å²) in [6, 6.07) is 2.00. The largest absolute Gasteiger partial charge is 0.370 e. The highest BCUT2D eigenvalue weighted by Gasteiger charge is 2.19. The maximum absolute atomic E-state index is 4.67. The van der Waals surface area contributed by atoms with Crippen LogP contribution >= 0.6 is 0 Å². The average molecular weight is 291 g/mol. The molecule has 1 aromatic rings. The van der Waals surface area contributed by atoms with E-state index in [1.807, 2.05) is 6.07 Å². The smallest absolute Gasteiger partial charge is 0.138 e. The average Bonchev–Trinajstić information content (AvgIpc) is 2.91. The highest BCUT2D eigenvalue weighted by Crippen LogP contribution is 2.22. The van der Waals surface area contributed by atoms with Gasteiger partial charge >= 0.3 is 0 Å². The molecule has 0 aromatic carbocycles. The molecule has 0 amide bonds. The predicted octanol–water partition coefficient (Wildman–Crippen LogP) is 2.71. The molecule has 0 unspecified atom stereocenters. The van der Waals surface area contributed by atoms with E-state index in [2.05, 4.69) is 53.2 Å². The molecular formula is C16H29N5. The van der Waals surface area contributed by atoms with E-state index in [4.69, 9.17) is 0 Å². The molecule has 1 aliphatic rings. The number of rotatable bonds is 6. The molecule has 2 N–H and O–H groups in total. The summed E-state index contributed by atoms with van der Waals surface area (Å²) in [4.78, 5) is 11.8. The molecule has 2 heterocycles. The maximum atomic E-state index is 4.67. The second kappa shape index (κ2) is 7.07. The number of nitrogens with zero attached hydrogens (tertiary/aromatic N) is 3. The van der Waals surface area contributed by atoms with E-state index in [1.165, 1.54) is 25.9 Å². The Morgan fingerprint density at radius 2 is 1.71 bits per heavy atom. The molecule has 118 valence electrons. The monoisotopic (exact) mass is 291 g/mol. The van der Waals surface area contributed by atoms with Crippen LogP contribution in [-0.2, 0) is 5.41 Å². The summed E-state index contributed by atoms with van der Waals surface area (Å²) in [5.74, 6) is 2.70. The van der Waals surface area contributed by atoms with Crippen molar-refractivity contribution in [2.45, 2.75) is 46.0 Å². The molecule has 5 nitrogen and oxygen atoms in total. The molecule has 1 aliphatic heterocycles. The zero-order valence-electron chi connectivity index (χ0n) is 13.9. The highest BCUT2D eigenvalue weighted by molar-refractivity contribution is 5.48. The third-order valence-electron chi connectivity index (χ3n) is 3.69. The van der Waals surface area contributed by atoms with Crippen molar-refractivity contribution in [2.75, 3.05) is 43.4 Å². The van der Waals surface area contributed by atoms with Crippen LogP contribution in [0.4, 0.5) is 11.6 Å². The Kier molecular flexibility index (Phi) is 5.39. The van der Waals surface area contributed by atoms with Gasteiger partial charge in [0.1, 0.15) is 17.5 Å². The summed E-state index contributed by atoms with van der Waals surface area (Å²) in [7, 11) is 0. The summed E-state index contributed by atoms with van der Waals surface area (Å²) in [5, 5.41) is 6.74. The number of aromatic nitrogens is 2. The lowest BCUT2D eigenvalue weighted by Crippen LogP contribution is -2.26. The van der Waals surface area contributed by atoms with Gasteiger partial charge in [-0.25, -0.2) is 9.97 Å². The number of anilines is 2. The van der Waals surface area contributed by atoms with Gasteiger partial charge in [-0.05, 0) is 32.9 Å². The van der Waals surface area contributed by atoms with Gasteiger partial charge in [-0.1, -0.05) is 20.8 Å². The van der Waals surface area contributed by atoms with Gasteiger partial charge in [0.15, 0.2) is 0 Å². The van der Waals surface area contributed by atoms with Crippen molar-refractivity contribution in [3.05, 3.63) is 11.9 Å². The minimum absolute atomic E-state index is 0.0448. The normalized spacial score (nSPS) is 16.2. The van der Waals surface area contributed by atoms with Crippen molar-refractivity contribution in [1.29, 1.82) is 0 Å². The Bertz CT molecular complexity index is 446. The molecule has 1 fully saturated rings. The first-order chi connectivity index (χ1) is 9.99. The van der Waals surface area contributed by atoms with Crippen LogP contribution in [0.2, 0.25) is 0 Å². The van der Waals surface area contributed by atoms with Crippen LogP contribution in [0.25, 0.3) is 0 Å². The van der Waals surface area contributed by atoms with Crippen LogP contribution in [0.5, 0.6) is 0 Å². The molecule has 0 spiro atoms. The second-order valence-corrected chi connectivity index (χ2v) is 6.72. The molecule has 0 aliphatic carbocycles. The lowest BCUT2D eigenvalue weighted by molar-refractivity contribution is 0.352. The zero-order chi connectivity index (χ0) is 15.3. The van der Waals surface area contributed by atoms with Crippen LogP contribution in [0.1, 0.15) is 46.4 Å². The summed E-state index contributed by atoms with van der Waals surface area (Å²) in [6.45, 7) is 13.9. The van der Waals surface area contributed by atoms with Gasteiger partial charge in [0.05, 0.1) is 0 Å². The van der Waals surface area contributed by atoms with E-state index < -0.39 is 0 Å². The van der Waals surface area contributed by atoms with Crippen LogP contribution in [-0.4, -0.2) is 47.6 Å². The fraction of sp³-hybridized carbons (Fsp3) is 0.750. The van der Waals surface area contributed by atoms with Gasteiger partial charge in [-0.3, -0.25) is 0 Å². The first-order valence-electron chi connectivity index (χ1n) is 8.08. The fourth-order valence-electron chi connectivity index (χ4n) is 2.49. The van der Waals surface area contributed by atoms with Crippen molar-refractivity contribution in [2.24, 2.45) is 0 Å². The van der Waals surface area contributed by atoms with E-state index in [-0.39, 0.29) is 5.41 Å². The van der Waals surface area contributed by atoms with E-state index in [9.17, 15) is 0 Å². The first kappa shape index (κ1) is 16.0. The molecule has 2 rings (SSSR count). The summed E-state index contributed by atoms with van der Waals surface area (Å²) >= 11 is 0. The second-order valence-electron chi connectivity index (χ2n) is 6.72. The third kappa shape index (κ3) is 4.84. The summed E-state index contributed by atoms with van der Waals surface area (Å²) < 4.78 is 0. The van der Waals surface area contributed by atoms with E-state index >= 15 is 0 Å². The number of hydrogen-bond donors (Lipinski definition) is 2. The predicted molar refractivity (Wildman–Crippen MR) is 89.1 cm³/mol. The number of nitrogens with one attached hydrogen (secondary N) is 2. The minimum Gasteiger partial charge on any atom is -0.370 e. The summed E-state index contributed by atoms with van der Waals surface area (Å²) in [6.07, 6.45) is 2.68. The van der Waals surface area contributed by atoms with Gasteiger partial charge < -0.3 is 15.5 Å². The van der Waals surface area contributed by atoms with E-state index in [1.54, 1.807) is 0 Å². The van der Waals surface area contributed by atoms with Crippen LogP contribution in [0, 0.1) is 0 Å². The van der Waals surface area contributed by atoms with Crippen LogP contribution < -0.4 is 10.6 Å². The van der Waals surface area contributed by atoms with Gasteiger partial charge in [0, 0.05) is 31.1 Å². The van der Waals surface area contributed by atoms with Gasteiger partial charge in [0.25, 0.3) is 0 Å². The molecule has 21 heavy (non-hydrogen) atoms. The number of likely N-dealkylation sites (tertiary alicyclic amines) is 1. The Balaban J connectivity index is 2.00. The standard InChI is InChI=1S/C16H29N5/c1-5-17-13-12-14(20-15(19-13)16(2,3)4)18-8-11-21-9-6-7-10-21/h12H,5-11H2,1-4H3,(H2,17,18,19,20). The third-order valence-corrected chi connectivity index (χ3v) is 3.69. The summed E-state index contributed by atoms with van der Waals surface area (Å²) in [5.41, 5.74) is -0.0448. The van der Waals surface area contributed by atoms with Gasteiger partial charge in [0.2, 0.25) is 0 Å². The lowest BCUT2D eigenvalue weighted by atomic mass is 9.96. The lowest BCUT2D eigenvalue weighted by Gasteiger charge is -2.20. The molecule has 1 aromatic heterocycles. The van der Waals surface area contributed by atoms with E-state index in [0.29, 0.717) is 0 Å². The van der Waals surface area contributed by atoms with Crippen molar-refractivity contribution >= 4 is 11.6 Å². The van der Waals surface area contributed by atoms with Crippen LogP contribution in [0.15, 0.2) is 6.07 Å². The first-order valence-corrected chi connectivity index (χ1v) is 8.08. The Hall–Kier alpha value is -1.36. The van der Waals surface area contributed by atoms with Crippen molar-refractivity contribution in [3.63, 3.8) is 0 Å². The van der Waals surface area contributed by atoms with Crippen LogP contribution in [0.3, 0.4) is 0 Å². The minimum atomic E-state index is -0.0448. The quantitative estimate of drug-likeness (QED) is 0.844. The van der Waals surface area contributed by atoms with Crippen molar-refractivity contribution in [1.82, 2.24) is 14.9 Å². The van der Waals surface area contributed by atoms with Crippen molar-refractivity contribution in [3.8, 4) is 0 Å². The molecule has 0 bridgehead atoms. The molecule has 0 atom stereocenters. The molecule has 0 saturated carbocycles.